The zero-order valence-corrected chi connectivity index (χ0v) is 11.7. The third kappa shape index (κ3) is 4.42. The van der Waals surface area contributed by atoms with Crippen LogP contribution in [-0.4, -0.2) is 16.9 Å². The van der Waals surface area contributed by atoms with E-state index in [4.69, 9.17) is 4.74 Å². The van der Waals surface area contributed by atoms with Crippen LogP contribution in [0, 0.1) is 0 Å². The number of amides is 1. The lowest BCUT2D eigenvalue weighted by atomic mass is 10.2. The lowest BCUT2D eigenvalue weighted by molar-refractivity contribution is -0.116. The number of anilines is 1. The molecule has 1 aromatic carbocycles. The average molecular weight is 284 g/mol. The van der Waals surface area contributed by atoms with E-state index < -0.39 is 5.97 Å². The number of carbonyl (C=O) groups is 2. The molecule has 0 aliphatic carbocycles. The van der Waals surface area contributed by atoms with Crippen molar-refractivity contribution in [1.82, 2.24) is 4.98 Å². The van der Waals surface area contributed by atoms with Gasteiger partial charge in [0.05, 0.1) is 5.56 Å². The standard InChI is InChI=1S/C16H16N2O3/c1-2-3-15(19)18-13-4-6-14(7-5-13)21-16(20)12-8-10-17-11-9-12/h4-11H,2-3H2,1H3,(H,18,19). The van der Waals surface area contributed by atoms with E-state index in [0.717, 1.165) is 6.42 Å². The Hall–Kier alpha value is -2.69. The number of ether oxygens (including phenoxy) is 1. The van der Waals surface area contributed by atoms with E-state index in [0.29, 0.717) is 23.4 Å². The molecular weight excluding hydrogens is 268 g/mol. The quantitative estimate of drug-likeness (QED) is 0.677. The van der Waals surface area contributed by atoms with Crippen molar-refractivity contribution in [2.75, 3.05) is 5.32 Å². The molecule has 1 amide bonds. The Morgan fingerprint density at radius 3 is 2.38 bits per heavy atom. The fraction of sp³-hybridized carbons (Fsp3) is 0.188. The van der Waals surface area contributed by atoms with E-state index in [2.05, 4.69) is 10.3 Å². The number of aromatic nitrogens is 1. The molecule has 0 aliphatic rings. The van der Waals surface area contributed by atoms with Gasteiger partial charge in [-0.3, -0.25) is 9.78 Å². The predicted molar refractivity (Wildman–Crippen MR) is 79.2 cm³/mol. The maximum atomic E-state index is 11.8. The molecule has 0 radical (unpaired) electrons. The first-order valence-electron chi connectivity index (χ1n) is 6.71. The number of carbonyl (C=O) groups excluding carboxylic acids is 2. The Kier molecular flexibility index (Phi) is 5.04. The van der Waals surface area contributed by atoms with Crippen LogP contribution in [0.2, 0.25) is 0 Å². The highest BCUT2D eigenvalue weighted by Gasteiger charge is 2.08. The second-order valence-corrected chi connectivity index (χ2v) is 4.45. The van der Waals surface area contributed by atoms with Gasteiger partial charge in [0.25, 0.3) is 0 Å². The molecular formula is C16H16N2O3. The SMILES string of the molecule is CCCC(=O)Nc1ccc(OC(=O)c2ccncc2)cc1. The van der Waals surface area contributed by atoms with Crippen molar-refractivity contribution < 1.29 is 14.3 Å². The fourth-order valence-corrected chi connectivity index (χ4v) is 1.71. The van der Waals surface area contributed by atoms with Crippen LogP contribution in [0.1, 0.15) is 30.1 Å². The van der Waals surface area contributed by atoms with Crippen molar-refractivity contribution in [1.29, 1.82) is 0 Å². The summed E-state index contributed by atoms with van der Waals surface area (Å²) in [5, 5.41) is 2.77. The number of nitrogens with one attached hydrogen (secondary N) is 1. The van der Waals surface area contributed by atoms with Crippen LogP contribution in [0.4, 0.5) is 5.69 Å². The Morgan fingerprint density at radius 2 is 1.76 bits per heavy atom. The number of rotatable bonds is 5. The zero-order valence-electron chi connectivity index (χ0n) is 11.7. The molecule has 0 bridgehead atoms. The van der Waals surface area contributed by atoms with Crippen LogP contribution >= 0.6 is 0 Å². The van der Waals surface area contributed by atoms with Crippen molar-refractivity contribution in [2.45, 2.75) is 19.8 Å². The molecule has 21 heavy (non-hydrogen) atoms. The summed E-state index contributed by atoms with van der Waals surface area (Å²) in [6.07, 6.45) is 4.35. The van der Waals surface area contributed by atoms with Gasteiger partial charge in [-0.05, 0) is 42.8 Å². The van der Waals surface area contributed by atoms with Gasteiger partial charge in [-0.1, -0.05) is 6.92 Å². The molecule has 0 saturated heterocycles. The summed E-state index contributed by atoms with van der Waals surface area (Å²) in [5.74, 6) is -0.0514. The lowest BCUT2D eigenvalue weighted by Crippen LogP contribution is -2.11. The molecule has 2 aromatic rings. The van der Waals surface area contributed by atoms with Gasteiger partial charge in [0.2, 0.25) is 5.91 Å². The van der Waals surface area contributed by atoms with Gasteiger partial charge in [0.15, 0.2) is 0 Å². The summed E-state index contributed by atoms with van der Waals surface area (Å²) < 4.78 is 5.23. The lowest BCUT2D eigenvalue weighted by Gasteiger charge is -2.07. The molecule has 2 rings (SSSR count). The first-order valence-corrected chi connectivity index (χ1v) is 6.71. The molecule has 0 unspecified atom stereocenters. The third-order valence-corrected chi connectivity index (χ3v) is 2.74. The normalized spacial score (nSPS) is 9.95. The molecule has 1 N–H and O–H groups in total. The smallest absolute Gasteiger partial charge is 0.343 e. The van der Waals surface area contributed by atoms with Crippen LogP contribution in [0.5, 0.6) is 5.75 Å². The molecule has 5 nitrogen and oxygen atoms in total. The maximum Gasteiger partial charge on any atom is 0.343 e. The summed E-state index contributed by atoms with van der Waals surface area (Å²) in [6.45, 7) is 1.95. The van der Waals surface area contributed by atoms with Gasteiger partial charge in [0, 0.05) is 24.5 Å². The Bertz CT molecular complexity index is 609. The van der Waals surface area contributed by atoms with E-state index in [9.17, 15) is 9.59 Å². The van der Waals surface area contributed by atoms with Crippen molar-refractivity contribution in [3.05, 3.63) is 54.4 Å². The van der Waals surface area contributed by atoms with Crippen LogP contribution in [-0.2, 0) is 4.79 Å². The summed E-state index contributed by atoms with van der Waals surface area (Å²) in [7, 11) is 0. The van der Waals surface area contributed by atoms with E-state index in [1.54, 1.807) is 36.4 Å². The average Bonchev–Trinajstić information content (AvgIpc) is 2.50. The fourth-order valence-electron chi connectivity index (χ4n) is 1.71. The monoisotopic (exact) mass is 284 g/mol. The highest BCUT2D eigenvalue weighted by atomic mass is 16.5. The second-order valence-electron chi connectivity index (χ2n) is 4.45. The van der Waals surface area contributed by atoms with Crippen LogP contribution < -0.4 is 10.1 Å². The molecule has 1 heterocycles. The summed E-state index contributed by atoms with van der Waals surface area (Å²) >= 11 is 0. The summed E-state index contributed by atoms with van der Waals surface area (Å²) in [5.41, 5.74) is 1.11. The van der Waals surface area contributed by atoms with E-state index in [1.165, 1.54) is 12.4 Å². The summed E-state index contributed by atoms with van der Waals surface area (Å²) in [4.78, 5) is 27.1. The van der Waals surface area contributed by atoms with Crippen LogP contribution in [0.15, 0.2) is 48.8 Å². The van der Waals surface area contributed by atoms with E-state index in [1.807, 2.05) is 6.92 Å². The van der Waals surface area contributed by atoms with Gasteiger partial charge in [-0.25, -0.2) is 4.79 Å². The number of benzene rings is 1. The highest BCUT2D eigenvalue weighted by Crippen LogP contribution is 2.17. The van der Waals surface area contributed by atoms with Crippen molar-refractivity contribution >= 4 is 17.6 Å². The molecule has 108 valence electrons. The number of hydrogen-bond donors (Lipinski definition) is 1. The number of pyridine rings is 1. The van der Waals surface area contributed by atoms with Gasteiger partial charge in [0.1, 0.15) is 5.75 Å². The van der Waals surface area contributed by atoms with Crippen LogP contribution in [0.3, 0.4) is 0 Å². The molecule has 0 fully saturated rings. The van der Waals surface area contributed by atoms with Crippen molar-refractivity contribution in [3.63, 3.8) is 0 Å². The van der Waals surface area contributed by atoms with Gasteiger partial charge < -0.3 is 10.1 Å². The molecule has 0 saturated carbocycles. The molecule has 0 aliphatic heterocycles. The minimum atomic E-state index is -0.444. The minimum absolute atomic E-state index is 0.0287. The third-order valence-electron chi connectivity index (χ3n) is 2.74. The second kappa shape index (κ2) is 7.19. The number of esters is 1. The van der Waals surface area contributed by atoms with E-state index >= 15 is 0 Å². The highest BCUT2D eigenvalue weighted by molar-refractivity contribution is 5.92. The molecule has 0 atom stereocenters. The predicted octanol–water partition coefficient (Wildman–Crippen LogP) is 3.04. The van der Waals surface area contributed by atoms with Crippen molar-refractivity contribution in [3.8, 4) is 5.75 Å². The Balaban J connectivity index is 1.96. The largest absolute Gasteiger partial charge is 0.423 e. The molecule has 1 aromatic heterocycles. The Labute approximate surface area is 123 Å². The van der Waals surface area contributed by atoms with Crippen molar-refractivity contribution in [2.24, 2.45) is 0 Å². The first-order chi connectivity index (χ1) is 10.2. The van der Waals surface area contributed by atoms with Gasteiger partial charge >= 0.3 is 5.97 Å². The van der Waals surface area contributed by atoms with Gasteiger partial charge in [-0.2, -0.15) is 0 Å². The van der Waals surface area contributed by atoms with Crippen LogP contribution in [0.25, 0.3) is 0 Å². The minimum Gasteiger partial charge on any atom is -0.423 e. The number of hydrogen-bond acceptors (Lipinski definition) is 4. The van der Waals surface area contributed by atoms with Gasteiger partial charge in [-0.15, -0.1) is 0 Å². The number of nitrogens with zero attached hydrogens (tertiary/aromatic N) is 1. The maximum absolute atomic E-state index is 11.8. The first kappa shape index (κ1) is 14.7. The van der Waals surface area contributed by atoms with E-state index in [-0.39, 0.29) is 5.91 Å². The Morgan fingerprint density at radius 1 is 1.10 bits per heavy atom. The topological polar surface area (TPSA) is 68.3 Å². The molecule has 0 spiro atoms. The summed E-state index contributed by atoms with van der Waals surface area (Å²) in [6, 6.07) is 9.84. The molecule has 5 heteroatoms. The zero-order chi connectivity index (χ0) is 15.1.